The minimum absolute atomic E-state index is 0.0601. The number of aromatic hydroxyl groups is 1. The number of fused-ring (bicyclic) bond motifs is 1. The van der Waals surface area contributed by atoms with Crippen LogP contribution < -0.4 is 11.0 Å². The molecule has 0 aliphatic heterocycles. The minimum Gasteiger partial charge on any atom is -0.508 e. The highest BCUT2D eigenvalue weighted by Crippen LogP contribution is 2.40. The van der Waals surface area contributed by atoms with E-state index >= 15 is 0 Å². The summed E-state index contributed by atoms with van der Waals surface area (Å²) in [5, 5.41) is 15.8. The summed E-state index contributed by atoms with van der Waals surface area (Å²) in [6, 6.07) is 17.0. The molecule has 2 heterocycles. The number of pyridine rings is 1. The number of phenols is 1. The van der Waals surface area contributed by atoms with E-state index in [9.17, 15) is 19.5 Å². The summed E-state index contributed by atoms with van der Waals surface area (Å²) in [5.41, 5.74) is 8.60. The normalized spacial score (nSPS) is 11.9. The summed E-state index contributed by atoms with van der Waals surface area (Å²) in [4.78, 5) is 37.3. The van der Waals surface area contributed by atoms with Crippen LogP contribution in [0.15, 0.2) is 64.5 Å². The Labute approximate surface area is 283 Å². The molecule has 9 nitrogen and oxygen atoms in total. The van der Waals surface area contributed by atoms with Crippen LogP contribution in [0, 0.1) is 5.41 Å². The number of hydrogen-bond donors (Lipinski definition) is 2. The van der Waals surface area contributed by atoms with Crippen molar-refractivity contribution in [2.75, 3.05) is 6.61 Å². The third kappa shape index (κ3) is 8.82. The van der Waals surface area contributed by atoms with Gasteiger partial charge in [0.05, 0.1) is 18.0 Å². The van der Waals surface area contributed by atoms with Gasteiger partial charge in [-0.3, -0.25) is 14.4 Å². The van der Waals surface area contributed by atoms with Gasteiger partial charge in [0.2, 0.25) is 5.91 Å². The standard InChI is InChI=1S/C39H50N4O5/c1-8-10-11-19-40-41-36(46)18-15-28-20-30(22-31(45)21-28)29-16-17-34-32(23-29)33(24-39(6,7)25-48-27(5)44)38(42(34)9-2)35-13-12-14-37(47)43(35)26(3)4/h12-14,16-17,19-23,26,45H,8-11,15,18,24-25H2,1-7H3,(H,41,46)/b40-19-. The highest BCUT2D eigenvalue weighted by atomic mass is 16.5. The van der Waals surface area contributed by atoms with Crippen LogP contribution in [0.5, 0.6) is 5.75 Å². The molecule has 0 saturated heterocycles. The topological polar surface area (TPSA) is 115 Å². The molecule has 0 saturated carbocycles. The Morgan fingerprint density at radius 3 is 2.52 bits per heavy atom. The van der Waals surface area contributed by atoms with Gasteiger partial charge >= 0.3 is 5.97 Å². The lowest BCUT2D eigenvalue weighted by atomic mass is 9.84. The number of benzene rings is 2. The molecule has 4 rings (SSSR count). The van der Waals surface area contributed by atoms with Crippen LogP contribution in [0.1, 0.15) is 91.3 Å². The number of carbonyl (C=O) groups excluding carboxylic acids is 2. The maximum atomic E-state index is 13.2. The second kappa shape index (κ2) is 16.0. The number of ether oxygens (including phenoxy) is 1. The molecule has 0 aliphatic rings. The Balaban J connectivity index is 1.81. The molecule has 48 heavy (non-hydrogen) atoms. The van der Waals surface area contributed by atoms with Gasteiger partial charge in [0.15, 0.2) is 0 Å². The third-order valence-corrected chi connectivity index (χ3v) is 8.47. The first-order valence-electron chi connectivity index (χ1n) is 17.0. The number of rotatable bonds is 15. The molecule has 256 valence electrons. The molecule has 2 aromatic heterocycles. The molecule has 0 radical (unpaired) electrons. The molecule has 1 amide bonds. The zero-order chi connectivity index (χ0) is 35.0. The van der Waals surface area contributed by atoms with Gasteiger partial charge in [-0.25, -0.2) is 5.43 Å². The summed E-state index contributed by atoms with van der Waals surface area (Å²) in [7, 11) is 0. The van der Waals surface area contributed by atoms with E-state index in [1.807, 2.05) is 36.6 Å². The van der Waals surface area contributed by atoms with Crippen molar-refractivity contribution in [3.05, 3.63) is 76.1 Å². The Bertz CT molecular complexity index is 1850. The number of unbranched alkanes of at least 4 members (excludes halogenated alkanes) is 2. The average Bonchev–Trinajstić information content (AvgIpc) is 3.33. The van der Waals surface area contributed by atoms with Crippen molar-refractivity contribution in [3.63, 3.8) is 0 Å². The average molecular weight is 655 g/mol. The number of amides is 1. The quantitative estimate of drug-likeness (QED) is 0.0588. The number of hydrogen-bond acceptors (Lipinski definition) is 6. The van der Waals surface area contributed by atoms with Crippen LogP contribution in [0.4, 0.5) is 0 Å². The number of carbonyl (C=O) groups is 2. The highest BCUT2D eigenvalue weighted by Gasteiger charge is 2.28. The van der Waals surface area contributed by atoms with Gasteiger partial charge < -0.3 is 19.0 Å². The lowest BCUT2D eigenvalue weighted by Gasteiger charge is -2.26. The molecular formula is C39H50N4O5. The molecule has 0 bridgehead atoms. The summed E-state index contributed by atoms with van der Waals surface area (Å²) < 4.78 is 9.56. The van der Waals surface area contributed by atoms with Crippen LogP contribution in [-0.4, -0.2) is 38.9 Å². The van der Waals surface area contributed by atoms with Crippen LogP contribution in [0.3, 0.4) is 0 Å². The van der Waals surface area contributed by atoms with Gasteiger partial charge in [-0.1, -0.05) is 45.4 Å². The number of aromatic nitrogens is 2. The predicted molar refractivity (Wildman–Crippen MR) is 193 cm³/mol. The molecule has 0 aliphatic carbocycles. The Morgan fingerprint density at radius 1 is 1.06 bits per heavy atom. The summed E-state index contributed by atoms with van der Waals surface area (Å²) in [6.45, 7) is 14.7. The highest BCUT2D eigenvalue weighted by molar-refractivity contribution is 5.94. The molecule has 0 fully saturated rings. The Kier molecular flexibility index (Phi) is 12.0. The summed E-state index contributed by atoms with van der Waals surface area (Å²) in [5.74, 6) is -0.375. The van der Waals surface area contributed by atoms with Crippen molar-refractivity contribution in [1.29, 1.82) is 0 Å². The fraction of sp³-hybridized carbons (Fsp3) is 0.436. The van der Waals surface area contributed by atoms with E-state index in [2.05, 4.69) is 54.9 Å². The van der Waals surface area contributed by atoms with E-state index in [4.69, 9.17) is 4.74 Å². The molecule has 2 N–H and O–H groups in total. The number of esters is 1. The van der Waals surface area contributed by atoms with Crippen molar-refractivity contribution < 1.29 is 19.4 Å². The number of aryl methyl sites for hydroxylation is 2. The SMILES string of the molecule is CCCC/C=N\NC(=O)CCc1cc(O)cc(-c2ccc3c(c2)c(CC(C)(C)COC(C)=O)c(-c2cccc(=O)n2C(C)C)n3CC)c1. The van der Waals surface area contributed by atoms with Gasteiger partial charge in [0.25, 0.3) is 5.56 Å². The van der Waals surface area contributed by atoms with Gasteiger partial charge in [-0.05, 0) is 99.0 Å². The predicted octanol–water partition coefficient (Wildman–Crippen LogP) is 7.80. The van der Waals surface area contributed by atoms with Crippen molar-refractivity contribution in [1.82, 2.24) is 14.6 Å². The van der Waals surface area contributed by atoms with Crippen LogP contribution in [0.2, 0.25) is 0 Å². The molecular weight excluding hydrogens is 604 g/mol. The molecule has 0 spiro atoms. The maximum absolute atomic E-state index is 13.2. The first kappa shape index (κ1) is 36.2. The van der Waals surface area contributed by atoms with E-state index in [0.29, 0.717) is 19.4 Å². The maximum Gasteiger partial charge on any atom is 0.302 e. The first-order valence-corrected chi connectivity index (χ1v) is 17.0. The van der Waals surface area contributed by atoms with E-state index in [1.165, 1.54) is 6.92 Å². The second-order valence-corrected chi connectivity index (χ2v) is 13.5. The first-order chi connectivity index (χ1) is 22.8. The van der Waals surface area contributed by atoms with Crippen molar-refractivity contribution in [3.8, 4) is 28.3 Å². The minimum atomic E-state index is -0.403. The van der Waals surface area contributed by atoms with Gasteiger partial charge in [-0.15, -0.1) is 0 Å². The molecule has 4 aromatic rings. The second-order valence-electron chi connectivity index (χ2n) is 13.5. The van der Waals surface area contributed by atoms with Crippen molar-refractivity contribution in [2.45, 2.75) is 99.6 Å². The zero-order valence-electron chi connectivity index (χ0n) is 29.4. The Hall–Kier alpha value is -4.66. The third-order valence-electron chi connectivity index (χ3n) is 8.47. The van der Waals surface area contributed by atoms with Gasteiger partial charge in [0, 0.05) is 54.5 Å². The fourth-order valence-electron chi connectivity index (χ4n) is 6.23. The molecule has 0 atom stereocenters. The molecule has 0 unspecified atom stereocenters. The molecule has 9 heteroatoms. The van der Waals surface area contributed by atoms with E-state index < -0.39 is 5.41 Å². The largest absolute Gasteiger partial charge is 0.508 e. The number of nitrogens with zero attached hydrogens (tertiary/aromatic N) is 3. The summed E-state index contributed by atoms with van der Waals surface area (Å²) >= 11 is 0. The lowest BCUT2D eigenvalue weighted by Crippen LogP contribution is -2.25. The van der Waals surface area contributed by atoms with E-state index in [1.54, 1.807) is 30.5 Å². The van der Waals surface area contributed by atoms with E-state index in [-0.39, 0.29) is 42.3 Å². The number of nitrogens with one attached hydrogen (secondary N) is 1. The fourth-order valence-corrected chi connectivity index (χ4v) is 6.23. The zero-order valence-corrected chi connectivity index (χ0v) is 29.4. The lowest BCUT2D eigenvalue weighted by molar-refractivity contribution is -0.144. The number of phenolic OH excluding ortho intramolecular Hbond substituents is 1. The van der Waals surface area contributed by atoms with E-state index in [0.717, 1.165) is 63.8 Å². The van der Waals surface area contributed by atoms with Gasteiger partial charge in [0.1, 0.15) is 5.75 Å². The molecule has 2 aromatic carbocycles. The number of hydrazone groups is 1. The van der Waals surface area contributed by atoms with Crippen LogP contribution in [0.25, 0.3) is 33.4 Å². The van der Waals surface area contributed by atoms with Gasteiger partial charge in [-0.2, -0.15) is 5.10 Å². The Morgan fingerprint density at radius 2 is 1.83 bits per heavy atom. The van der Waals surface area contributed by atoms with Crippen LogP contribution >= 0.6 is 0 Å². The van der Waals surface area contributed by atoms with Crippen molar-refractivity contribution in [2.24, 2.45) is 10.5 Å². The smallest absolute Gasteiger partial charge is 0.302 e. The summed E-state index contributed by atoms with van der Waals surface area (Å²) in [6.07, 6.45) is 5.94. The van der Waals surface area contributed by atoms with Crippen molar-refractivity contribution >= 4 is 29.0 Å². The monoisotopic (exact) mass is 654 g/mol. The van der Waals surface area contributed by atoms with Crippen LogP contribution in [-0.2, 0) is 33.7 Å².